The van der Waals surface area contributed by atoms with Gasteiger partial charge in [0.05, 0.1) is 11.1 Å². The first-order chi connectivity index (χ1) is 7.20. The number of thioether (sulfide) groups is 1. The van der Waals surface area contributed by atoms with Crippen LogP contribution in [0.4, 0.5) is 0 Å². The van der Waals surface area contributed by atoms with E-state index in [0.717, 1.165) is 25.1 Å². The number of nitrogens with zero attached hydrogens (tertiary/aromatic N) is 1. The van der Waals surface area contributed by atoms with E-state index < -0.39 is 10.0 Å². The molecule has 6 heteroatoms. The van der Waals surface area contributed by atoms with Crippen molar-refractivity contribution in [2.75, 3.05) is 31.1 Å². The van der Waals surface area contributed by atoms with E-state index in [9.17, 15) is 8.42 Å². The van der Waals surface area contributed by atoms with Crippen molar-refractivity contribution in [1.82, 2.24) is 9.62 Å². The van der Waals surface area contributed by atoms with Crippen molar-refractivity contribution >= 4 is 21.8 Å². The van der Waals surface area contributed by atoms with E-state index >= 15 is 0 Å². The molecule has 0 saturated carbocycles. The minimum Gasteiger partial charge on any atom is -0.314 e. The Morgan fingerprint density at radius 1 is 1.27 bits per heavy atom. The van der Waals surface area contributed by atoms with Gasteiger partial charge in [-0.1, -0.05) is 6.42 Å². The largest absolute Gasteiger partial charge is 0.314 e. The van der Waals surface area contributed by atoms with Crippen LogP contribution in [-0.2, 0) is 10.0 Å². The zero-order valence-electron chi connectivity index (χ0n) is 8.81. The lowest BCUT2D eigenvalue weighted by molar-refractivity contribution is 0.376. The summed E-state index contributed by atoms with van der Waals surface area (Å²) >= 11 is 1.80. The predicted octanol–water partition coefficient (Wildman–Crippen LogP) is 0.465. The number of rotatable bonds is 1. The van der Waals surface area contributed by atoms with Crippen LogP contribution in [0, 0.1) is 0 Å². The van der Waals surface area contributed by atoms with E-state index in [-0.39, 0.29) is 11.1 Å². The summed E-state index contributed by atoms with van der Waals surface area (Å²) in [6, 6.07) is 0. The molecule has 0 spiro atoms. The third kappa shape index (κ3) is 2.87. The zero-order chi connectivity index (χ0) is 10.7. The molecule has 2 aliphatic heterocycles. The van der Waals surface area contributed by atoms with E-state index in [4.69, 9.17) is 0 Å². The van der Waals surface area contributed by atoms with Gasteiger partial charge in [-0.05, 0) is 18.6 Å². The second kappa shape index (κ2) is 5.03. The molecule has 2 saturated heterocycles. The lowest BCUT2D eigenvalue weighted by atomic mass is 10.2. The van der Waals surface area contributed by atoms with Gasteiger partial charge in [-0.2, -0.15) is 4.31 Å². The monoisotopic (exact) mass is 250 g/mol. The van der Waals surface area contributed by atoms with E-state index in [1.165, 1.54) is 6.42 Å². The topological polar surface area (TPSA) is 49.4 Å². The summed E-state index contributed by atoms with van der Waals surface area (Å²) in [5, 5.41) is 3.34. The summed E-state index contributed by atoms with van der Waals surface area (Å²) in [7, 11) is -3.01. The fourth-order valence-electron chi connectivity index (χ4n) is 2.05. The maximum atomic E-state index is 12.0. The molecule has 1 N–H and O–H groups in total. The maximum Gasteiger partial charge on any atom is 0.216 e. The molecule has 15 heavy (non-hydrogen) atoms. The van der Waals surface area contributed by atoms with Gasteiger partial charge in [0.25, 0.3) is 0 Å². The Hall–Kier alpha value is 0.220. The predicted molar refractivity (Wildman–Crippen MR) is 63.5 cm³/mol. The third-order valence-electron chi connectivity index (χ3n) is 2.88. The van der Waals surface area contributed by atoms with Gasteiger partial charge in [-0.25, -0.2) is 8.42 Å². The van der Waals surface area contributed by atoms with Gasteiger partial charge in [0.15, 0.2) is 0 Å². The third-order valence-corrected chi connectivity index (χ3v) is 6.28. The molecular weight excluding hydrogens is 232 g/mol. The fourth-order valence-corrected chi connectivity index (χ4v) is 5.34. The van der Waals surface area contributed by atoms with Crippen molar-refractivity contribution < 1.29 is 8.42 Å². The molecule has 0 aromatic rings. The summed E-state index contributed by atoms with van der Waals surface area (Å²) < 4.78 is 25.7. The standard InChI is InChI=1S/C9H18N2O2S2/c12-15(13)8-5-10-4-6-11(15)9-3-1-2-7-14-9/h9-10H,1-8H2. The van der Waals surface area contributed by atoms with Crippen LogP contribution >= 0.6 is 11.8 Å². The van der Waals surface area contributed by atoms with Gasteiger partial charge in [0.2, 0.25) is 10.0 Å². The van der Waals surface area contributed by atoms with Gasteiger partial charge < -0.3 is 5.32 Å². The smallest absolute Gasteiger partial charge is 0.216 e. The average molecular weight is 250 g/mol. The normalized spacial score (nSPS) is 33.5. The van der Waals surface area contributed by atoms with Crippen molar-refractivity contribution in [3.8, 4) is 0 Å². The van der Waals surface area contributed by atoms with Gasteiger partial charge in [-0.3, -0.25) is 0 Å². The highest BCUT2D eigenvalue weighted by Crippen LogP contribution is 2.29. The number of hydrogen-bond donors (Lipinski definition) is 1. The Labute approximate surface area is 95.8 Å². The SMILES string of the molecule is O=S1(=O)CCNCCN1C1CCCCS1. The van der Waals surface area contributed by atoms with Crippen LogP contribution < -0.4 is 5.32 Å². The number of hydrogen-bond acceptors (Lipinski definition) is 4. The van der Waals surface area contributed by atoms with E-state index in [0.29, 0.717) is 13.1 Å². The van der Waals surface area contributed by atoms with E-state index in [1.54, 1.807) is 16.1 Å². The summed E-state index contributed by atoms with van der Waals surface area (Å²) in [6.07, 6.45) is 3.41. The molecular formula is C9H18N2O2S2. The molecule has 0 aromatic heterocycles. The van der Waals surface area contributed by atoms with Crippen LogP contribution in [0.3, 0.4) is 0 Å². The van der Waals surface area contributed by atoms with Crippen LogP contribution in [-0.4, -0.2) is 49.2 Å². The van der Waals surface area contributed by atoms with Crippen LogP contribution in [0.5, 0.6) is 0 Å². The Morgan fingerprint density at radius 2 is 2.13 bits per heavy atom. The molecule has 2 heterocycles. The summed E-state index contributed by atoms with van der Waals surface area (Å²) in [5.41, 5.74) is 0. The lowest BCUT2D eigenvalue weighted by Crippen LogP contribution is -2.41. The quantitative estimate of drug-likeness (QED) is 0.735. The highest BCUT2D eigenvalue weighted by molar-refractivity contribution is 8.00. The first-order valence-corrected chi connectivity index (χ1v) is 8.18. The Balaban J connectivity index is 2.09. The number of nitrogens with one attached hydrogen (secondary N) is 1. The van der Waals surface area contributed by atoms with Crippen LogP contribution in [0.15, 0.2) is 0 Å². The van der Waals surface area contributed by atoms with Crippen molar-refractivity contribution in [3.63, 3.8) is 0 Å². The highest BCUT2D eigenvalue weighted by Gasteiger charge is 2.32. The van der Waals surface area contributed by atoms with Gasteiger partial charge in [0.1, 0.15) is 0 Å². The molecule has 2 aliphatic rings. The van der Waals surface area contributed by atoms with Crippen molar-refractivity contribution in [1.29, 1.82) is 0 Å². The van der Waals surface area contributed by atoms with E-state index in [1.807, 2.05) is 0 Å². The van der Waals surface area contributed by atoms with E-state index in [2.05, 4.69) is 5.32 Å². The minimum absolute atomic E-state index is 0.198. The Morgan fingerprint density at radius 3 is 2.87 bits per heavy atom. The number of sulfonamides is 1. The molecule has 0 amide bonds. The van der Waals surface area contributed by atoms with Crippen LogP contribution in [0.1, 0.15) is 19.3 Å². The fraction of sp³-hybridized carbons (Fsp3) is 1.00. The highest BCUT2D eigenvalue weighted by atomic mass is 32.2. The molecule has 0 radical (unpaired) electrons. The molecule has 2 fully saturated rings. The maximum absolute atomic E-state index is 12.0. The second-order valence-corrected chi connectivity index (χ2v) is 7.32. The zero-order valence-corrected chi connectivity index (χ0v) is 10.4. The molecule has 88 valence electrons. The molecule has 2 rings (SSSR count). The first kappa shape index (κ1) is 11.7. The van der Waals surface area contributed by atoms with Gasteiger partial charge in [0, 0.05) is 19.6 Å². The average Bonchev–Trinajstić information content (AvgIpc) is 2.40. The van der Waals surface area contributed by atoms with Gasteiger partial charge >= 0.3 is 0 Å². The Bertz CT molecular complexity index is 299. The summed E-state index contributed by atoms with van der Waals surface area (Å²) in [6.45, 7) is 2.02. The molecule has 1 unspecified atom stereocenters. The summed E-state index contributed by atoms with van der Waals surface area (Å²) in [4.78, 5) is 0. The van der Waals surface area contributed by atoms with Crippen LogP contribution in [0.2, 0.25) is 0 Å². The van der Waals surface area contributed by atoms with Gasteiger partial charge in [-0.15, -0.1) is 11.8 Å². The lowest BCUT2D eigenvalue weighted by Gasteiger charge is -2.31. The van der Waals surface area contributed by atoms with Crippen LogP contribution in [0.25, 0.3) is 0 Å². The summed E-state index contributed by atoms with van der Waals surface area (Å²) in [5.74, 6) is 1.36. The molecule has 0 bridgehead atoms. The van der Waals surface area contributed by atoms with Crippen molar-refractivity contribution in [2.24, 2.45) is 0 Å². The second-order valence-electron chi connectivity index (χ2n) is 4.00. The Kier molecular flexibility index (Phi) is 3.93. The molecule has 0 aliphatic carbocycles. The first-order valence-electron chi connectivity index (χ1n) is 5.52. The molecule has 4 nitrogen and oxygen atoms in total. The molecule has 1 atom stereocenters. The minimum atomic E-state index is -3.01. The van der Waals surface area contributed by atoms with Crippen molar-refractivity contribution in [2.45, 2.75) is 24.6 Å². The van der Waals surface area contributed by atoms with Crippen molar-refractivity contribution in [3.05, 3.63) is 0 Å². The molecule has 0 aromatic carbocycles.